The van der Waals surface area contributed by atoms with Crippen LogP contribution in [0.3, 0.4) is 0 Å². The molecule has 1 amide bonds. The molecular formula is C12H19N3O. The minimum Gasteiger partial charge on any atom is -0.355 e. The lowest BCUT2D eigenvalue weighted by Gasteiger charge is -2.13. The van der Waals surface area contributed by atoms with E-state index in [2.05, 4.69) is 15.6 Å². The molecule has 4 heteroatoms. The summed E-state index contributed by atoms with van der Waals surface area (Å²) in [7, 11) is 0. The SMILES string of the molecule is CCCNC(=O)CN[C@@H](C)c1cccnc1. The van der Waals surface area contributed by atoms with Crippen LogP contribution in [0.15, 0.2) is 24.5 Å². The van der Waals surface area contributed by atoms with Gasteiger partial charge in [-0.15, -0.1) is 0 Å². The molecule has 0 saturated heterocycles. The Kier molecular flexibility index (Phi) is 5.50. The zero-order valence-electron chi connectivity index (χ0n) is 9.86. The molecule has 0 radical (unpaired) electrons. The highest BCUT2D eigenvalue weighted by atomic mass is 16.1. The van der Waals surface area contributed by atoms with Crippen LogP contribution in [0.2, 0.25) is 0 Å². The lowest BCUT2D eigenvalue weighted by Crippen LogP contribution is -2.35. The van der Waals surface area contributed by atoms with E-state index in [1.165, 1.54) is 0 Å². The van der Waals surface area contributed by atoms with E-state index in [0.717, 1.165) is 18.5 Å². The number of hydrogen-bond acceptors (Lipinski definition) is 3. The first-order chi connectivity index (χ1) is 7.74. The summed E-state index contributed by atoms with van der Waals surface area (Å²) in [6, 6.07) is 4.03. The maximum atomic E-state index is 11.3. The van der Waals surface area contributed by atoms with Gasteiger partial charge in [-0.3, -0.25) is 9.78 Å². The fourth-order valence-corrected chi connectivity index (χ4v) is 1.32. The summed E-state index contributed by atoms with van der Waals surface area (Å²) in [5.41, 5.74) is 1.09. The molecule has 0 fully saturated rings. The molecule has 1 aromatic rings. The highest BCUT2D eigenvalue weighted by molar-refractivity contribution is 5.77. The van der Waals surface area contributed by atoms with Crippen molar-refractivity contribution in [3.63, 3.8) is 0 Å². The number of aromatic nitrogens is 1. The fraction of sp³-hybridized carbons (Fsp3) is 0.500. The van der Waals surface area contributed by atoms with Gasteiger partial charge >= 0.3 is 0 Å². The number of rotatable bonds is 6. The Labute approximate surface area is 96.5 Å². The van der Waals surface area contributed by atoms with Crippen molar-refractivity contribution >= 4 is 5.91 Å². The summed E-state index contributed by atoms with van der Waals surface area (Å²) in [5, 5.41) is 5.98. The van der Waals surface area contributed by atoms with Gasteiger partial charge in [0, 0.05) is 25.0 Å². The molecule has 0 aliphatic rings. The van der Waals surface area contributed by atoms with E-state index in [0.29, 0.717) is 6.54 Å². The van der Waals surface area contributed by atoms with E-state index >= 15 is 0 Å². The average molecular weight is 221 g/mol. The van der Waals surface area contributed by atoms with E-state index in [1.54, 1.807) is 6.20 Å². The number of amides is 1. The van der Waals surface area contributed by atoms with Gasteiger partial charge in [0.15, 0.2) is 0 Å². The summed E-state index contributed by atoms with van der Waals surface area (Å²) in [6.07, 6.45) is 4.51. The van der Waals surface area contributed by atoms with E-state index in [-0.39, 0.29) is 11.9 Å². The number of nitrogens with one attached hydrogen (secondary N) is 2. The second-order valence-corrected chi connectivity index (χ2v) is 3.74. The van der Waals surface area contributed by atoms with E-state index in [1.807, 2.05) is 32.2 Å². The zero-order valence-corrected chi connectivity index (χ0v) is 9.86. The molecule has 1 aromatic heterocycles. The van der Waals surface area contributed by atoms with Gasteiger partial charge in [-0.25, -0.2) is 0 Å². The molecule has 0 spiro atoms. The molecule has 0 aliphatic carbocycles. The first kappa shape index (κ1) is 12.6. The van der Waals surface area contributed by atoms with Crippen molar-refractivity contribution < 1.29 is 4.79 Å². The number of carbonyl (C=O) groups is 1. The molecule has 16 heavy (non-hydrogen) atoms. The molecule has 0 aromatic carbocycles. The molecule has 0 bridgehead atoms. The Balaban J connectivity index is 2.30. The third-order valence-corrected chi connectivity index (χ3v) is 2.33. The van der Waals surface area contributed by atoms with E-state index in [9.17, 15) is 4.79 Å². The van der Waals surface area contributed by atoms with Gasteiger partial charge in [-0.05, 0) is 25.0 Å². The molecule has 4 nitrogen and oxygen atoms in total. The Hall–Kier alpha value is -1.42. The highest BCUT2D eigenvalue weighted by Gasteiger charge is 2.06. The minimum absolute atomic E-state index is 0.0394. The van der Waals surface area contributed by atoms with E-state index < -0.39 is 0 Å². The largest absolute Gasteiger partial charge is 0.355 e. The molecular weight excluding hydrogens is 202 g/mol. The third kappa shape index (κ3) is 4.40. The van der Waals surface area contributed by atoms with Crippen molar-refractivity contribution in [2.45, 2.75) is 26.3 Å². The molecule has 1 rings (SSSR count). The van der Waals surface area contributed by atoms with Crippen LogP contribution in [0.25, 0.3) is 0 Å². The predicted molar refractivity (Wildman–Crippen MR) is 64.0 cm³/mol. The smallest absolute Gasteiger partial charge is 0.233 e. The van der Waals surface area contributed by atoms with Crippen molar-refractivity contribution in [3.05, 3.63) is 30.1 Å². The first-order valence-corrected chi connectivity index (χ1v) is 5.64. The second-order valence-electron chi connectivity index (χ2n) is 3.74. The predicted octanol–water partition coefficient (Wildman–Crippen LogP) is 1.26. The van der Waals surface area contributed by atoms with Gasteiger partial charge in [0.2, 0.25) is 5.91 Å². The monoisotopic (exact) mass is 221 g/mol. The van der Waals surface area contributed by atoms with Gasteiger partial charge in [0.25, 0.3) is 0 Å². The quantitative estimate of drug-likeness (QED) is 0.760. The Morgan fingerprint density at radius 2 is 2.38 bits per heavy atom. The van der Waals surface area contributed by atoms with Crippen LogP contribution >= 0.6 is 0 Å². The van der Waals surface area contributed by atoms with Crippen LogP contribution in [0, 0.1) is 0 Å². The summed E-state index contributed by atoms with van der Waals surface area (Å²) >= 11 is 0. The van der Waals surface area contributed by atoms with Crippen LogP contribution in [0.4, 0.5) is 0 Å². The number of pyridine rings is 1. The molecule has 0 saturated carbocycles. The topological polar surface area (TPSA) is 54.0 Å². The Bertz CT molecular complexity index is 313. The highest BCUT2D eigenvalue weighted by Crippen LogP contribution is 2.08. The molecule has 2 N–H and O–H groups in total. The third-order valence-electron chi connectivity index (χ3n) is 2.33. The summed E-state index contributed by atoms with van der Waals surface area (Å²) < 4.78 is 0. The Morgan fingerprint density at radius 3 is 3.00 bits per heavy atom. The maximum absolute atomic E-state index is 11.3. The van der Waals surface area contributed by atoms with Crippen LogP contribution in [0.5, 0.6) is 0 Å². The first-order valence-electron chi connectivity index (χ1n) is 5.64. The van der Waals surface area contributed by atoms with Gasteiger partial charge in [-0.1, -0.05) is 13.0 Å². The second kappa shape index (κ2) is 6.95. The minimum atomic E-state index is 0.0394. The summed E-state index contributed by atoms with van der Waals surface area (Å²) in [5.74, 6) is 0.0394. The normalized spacial score (nSPS) is 12.1. The number of hydrogen-bond donors (Lipinski definition) is 2. The zero-order chi connectivity index (χ0) is 11.8. The van der Waals surface area contributed by atoms with Crippen molar-refractivity contribution in [1.82, 2.24) is 15.6 Å². The number of carbonyl (C=O) groups excluding carboxylic acids is 1. The van der Waals surface area contributed by atoms with Crippen LogP contribution in [0.1, 0.15) is 31.9 Å². The van der Waals surface area contributed by atoms with Gasteiger partial charge in [-0.2, -0.15) is 0 Å². The van der Waals surface area contributed by atoms with Crippen molar-refractivity contribution in [2.24, 2.45) is 0 Å². The van der Waals surface area contributed by atoms with Crippen LogP contribution in [-0.4, -0.2) is 24.0 Å². The average Bonchev–Trinajstić information content (AvgIpc) is 2.34. The maximum Gasteiger partial charge on any atom is 0.233 e. The summed E-state index contributed by atoms with van der Waals surface area (Å²) in [4.78, 5) is 15.4. The number of nitrogens with zero attached hydrogens (tertiary/aromatic N) is 1. The standard InChI is InChI=1S/C12H19N3O/c1-3-6-14-12(16)9-15-10(2)11-5-4-7-13-8-11/h4-5,7-8,10,15H,3,6,9H2,1-2H3,(H,14,16)/t10-/m0/s1. The molecule has 1 heterocycles. The van der Waals surface area contributed by atoms with Crippen molar-refractivity contribution in [1.29, 1.82) is 0 Å². The molecule has 88 valence electrons. The molecule has 1 atom stereocenters. The Morgan fingerprint density at radius 1 is 1.56 bits per heavy atom. The van der Waals surface area contributed by atoms with Crippen LogP contribution in [-0.2, 0) is 4.79 Å². The van der Waals surface area contributed by atoms with Crippen molar-refractivity contribution in [3.8, 4) is 0 Å². The van der Waals surface area contributed by atoms with E-state index in [4.69, 9.17) is 0 Å². The fourth-order valence-electron chi connectivity index (χ4n) is 1.32. The lowest BCUT2D eigenvalue weighted by atomic mass is 10.1. The van der Waals surface area contributed by atoms with Crippen molar-refractivity contribution in [2.75, 3.05) is 13.1 Å². The van der Waals surface area contributed by atoms with Gasteiger partial charge in [0.1, 0.15) is 0 Å². The molecule has 0 unspecified atom stereocenters. The van der Waals surface area contributed by atoms with Gasteiger partial charge in [0.05, 0.1) is 6.54 Å². The lowest BCUT2D eigenvalue weighted by molar-refractivity contribution is -0.120. The van der Waals surface area contributed by atoms with Crippen LogP contribution < -0.4 is 10.6 Å². The van der Waals surface area contributed by atoms with Gasteiger partial charge < -0.3 is 10.6 Å². The summed E-state index contributed by atoms with van der Waals surface area (Å²) in [6.45, 7) is 5.13. The molecule has 0 aliphatic heterocycles.